The van der Waals surface area contributed by atoms with Crippen molar-refractivity contribution in [2.45, 2.75) is 0 Å². The Hall–Kier alpha value is -5.24. The Balaban J connectivity index is 1.13. The molecular weight excluding hydrogens is 537 g/mol. The lowest BCUT2D eigenvalue weighted by molar-refractivity contribution is 1.67. The van der Waals surface area contributed by atoms with Crippen molar-refractivity contribution >= 4 is 63.8 Å². The smallest absolute Gasteiger partial charge is 0.0434 e. The molecule has 1 heterocycles. The van der Waals surface area contributed by atoms with Gasteiger partial charge in [0.25, 0.3) is 0 Å². The third-order valence-electron chi connectivity index (χ3n) is 8.84. The number of hydrogen-bond donors (Lipinski definition) is 0. The molecule has 0 N–H and O–H groups in total. The first-order chi connectivity index (χ1) is 21.3. The van der Waals surface area contributed by atoms with Crippen molar-refractivity contribution in [3.8, 4) is 33.4 Å². The Morgan fingerprint density at radius 1 is 0.279 bits per heavy atom. The predicted molar refractivity (Wildman–Crippen MR) is 188 cm³/mol. The van der Waals surface area contributed by atoms with E-state index in [1.54, 1.807) is 0 Å². The molecule has 0 saturated heterocycles. The molecule has 1 aromatic heterocycles. The van der Waals surface area contributed by atoms with Crippen LogP contribution < -0.4 is 0 Å². The van der Waals surface area contributed by atoms with Crippen LogP contribution in [0, 0.1) is 0 Å². The van der Waals surface area contributed by atoms with Crippen LogP contribution in [0.2, 0.25) is 0 Å². The van der Waals surface area contributed by atoms with E-state index in [1.807, 2.05) is 11.3 Å². The molecule has 43 heavy (non-hydrogen) atoms. The van der Waals surface area contributed by atoms with Gasteiger partial charge in [0.05, 0.1) is 0 Å². The minimum absolute atomic E-state index is 1.25. The molecule has 0 radical (unpaired) electrons. The number of thiophene rings is 1. The van der Waals surface area contributed by atoms with Crippen LogP contribution in [-0.2, 0) is 0 Å². The monoisotopic (exact) mass is 562 g/mol. The Kier molecular flexibility index (Phi) is 5.47. The second kappa shape index (κ2) is 9.66. The molecule has 8 aromatic carbocycles. The number of fused-ring (bicyclic) bond motifs is 7. The van der Waals surface area contributed by atoms with Crippen LogP contribution in [0.15, 0.2) is 158 Å². The lowest BCUT2D eigenvalue weighted by Gasteiger charge is -2.10. The van der Waals surface area contributed by atoms with E-state index in [0.29, 0.717) is 0 Å². The Morgan fingerprint density at radius 2 is 0.791 bits per heavy atom. The van der Waals surface area contributed by atoms with Crippen molar-refractivity contribution < 1.29 is 0 Å². The van der Waals surface area contributed by atoms with E-state index < -0.39 is 0 Å². The van der Waals surface area contributed by atoms with Crippen molar-refractivity contribution in [2.75, 3.05) is 0 Å². The average molecular weight is 563 g/mol. The highest BCUT2D eigenvalue weighted by Crippen LogP contribution is 2.44. The molecule has 0 nitrogen and oxygen atoms in total. The summed E-state index contributed by atoms with van der Waals surface area (Å²) >= 11 is 1.91. The minimum atomic E-state index is 1.25. The molecule has 0 fully saturated rings. The topological polar surface area (TPSA) is 0 Å². The van der Waals surface area contributed by atoms with Gasteiger partial charge in [-0.2, -0.15) is 0 Å². The Morgan fingerprint density at radius 3 is 1.56 bits per heavy atom. The van der Waals surface area contributed by atoms with Gasteiger partial charge in [-0.05, 0) is 83.9 Å². The van der Waals surface area contributed by atoms with Gasteiger partial charge in [-0.1, -0.05) is 140 Å². The summed E-state index contributed by atoms with van der Waals surface area (Å²) in [5.74, 6) is 0. The quantitative estimate of drug-likeness (QED) is 0.188. The molecule has 0 unspecified atom stereocenters. The molecule has 9 aromatic rings. The second-order valence-electron chi connectivity index (χ2n) is 11.3. The zero-order valence-corrected chi connectivity index (χ0v) is 24.2. The number of benzene rings is 8. The van der Waals surface area contributed by atoms with Crippen molar-refractivity contribution in [3.63, 3.8) is 0 Å². The highest BCUT2D eigenvalue weighted by Gasteiger charge is 2.14. The maximum absolute atomic E-state index is 2.35. The molecule has 0 amide bonds. The summed E-state index contributed by atoms with van der Waals surface area (Å²) in [5.41, 5.74) is 7.62. The van der Waals surface area contributed by atoms with E-state index in [1.165, 1.54) is 85.9 Å². The van der Waals surface area contributed by atoms with Crippen LogP contribution in [0.25, 0.3) is 85.9 Å². The Labute approximate surface area is 254 Å². The number of rotatable bonds is 3. The summed E-state index contributed by atoms with van der Waals surface area (Å²) in [6, 6.07) is 57.9. The molecule has 0 spiro atoms. The summed E-state index contributed by atoms with van der Waals surface area (Å²) in [7, 11) is 0. The van der Waals surface area contributed by atoms with Crippen LogP contribution in [-0.4, -0.2) is 0 Å². The SMILES string of the molecule is c1ccc(-c2cccc3c2sc2c(-c4ccc5cc(-c6ccc7c(ccc8ccccc87)c6)ccc5c4)cccc23)cc1. The predicted octanol–water partition coefficient (Wildman–Crippen LogP) is 12.5. The molecule has 0 saturated carbocycles. The van der Waals surface area contributed by atoms with Gasteiger partial charge in [-0.3, -0.25) is 0 Å². The van der Waals surface area contributed by atoms with E-state index in [4.69, 9.17) is 0 Å². The van der Waals surface area contributed by atoms with Gasteiger partial charge in [0.2, 0.25) is 0 Å². The van der Waals surface area contributed by atoms with E-state index in [2.05, 4.69) is 158 Å². The van der Waals surface area contributed by atoms with Crippen molar-refractivity contribution in [2.24, 2.45) is 0 Å². The lowest BCUT2D eigenvalue weighted by atomic mass is 9.95. The first-order valence-corrected chi connectivity index (χ1v) is 15.6. The molecule has 200 valence electrons. The van der Waals surface area contributed by atoms with Gasteiger partial charge in [-0.15, -0.1) is 11.3 Å². The standard InChI is InChI=1S/C42H26S/c1-2-8-27(9-3-1)37-12-6-14-39-40-15-7-13-38(42(40)43-41(37)39)34-21-19-30-24-29(17-18-31(30)26-34)32-22-23-36-33(25-32)20-16-28-10-4-5-11-35(28)36/h1-26H. The zero-order chi connectivity index (χ0) is 28.3. The van der Waals surface area contributed by atoms with Gasteiger partial charge < -0.3 is 0 Å². The second-order valence-corrected chi connectivity index (χ2v) is 12.4. The summed E-state index contributed by atoms with van der Waals surface area (Å²) in [4.78, 5) is 0. The van der Waals surface area contributed by atoms with Crippen LogP contribution in [0.3, 0.4) is 0 Å². The molecule has 0 aliphatic heterocycles. The summed E-state index contributed by atoms with van der Waals surface area (Å²) in [6.07, 6.45) is 0. The van der Waals surface area contributed by atoms with Gasteiger partial charge >= 0.3 is 0 Å². The average Bonchev–Trinajstić information content (AvgIpc) is 3.47. The molecule has 0 aliphatic rings. The van der Waals surface area contributed by atoms with E-state index in [0.717, 1.165) is 0 Å². The molecule has 9 rings (SSSR count). The van der Waals surface area contributed by atoms with Crippen LogP contribution in [0.1, 0.15) is 0 Å². The molecule has 0 bridgehead atoms. The first kappa shape index (κ1) is 24.4. The highest BCUT2D eigenvalue weighted by atomic mass is 32.1. The molecule has 0 atom stereocenters. The van der Waals surface area contributed by atoms with Gasteiger partial charge in [0.15, 0.2) is 0 Å². The third kappa shape index (κ3) is 3.97. The fourth-order valence-corrected chi connectivity index (χ4v) is 8.05. The third-order valence-corrected chi connectivity index (χ3v) is 10.1. The first-order valence-electron chi connectivity index (χ1n) is 14.8. The minimum Gasteiger partial charge on any atom is -0.134 e. The largest absolute Gasteiger partial charge is 0.134 e. The van der Waals surface area contributed by atoms with Gasteiger partial charge in [0.1, 0.15) is 0 Å². The maximum atomic E-state index is 2.35. The molecule has 0 aliphatic carbocycles. The van der Waals surface area contributed by atoms with Gasteiger partial charge in [0, 0.05) is 20.2 Å². The number of hydrogen-bond acceptors (Lipinski definition) is 1. The molecular formula is C42H26S. The van der Waals surface area contributed by atoms with Crippen molar-refractivity contribution in [1.82, 2.24) is 0 Å². The van der Waals surface area contributed by atoms with Crippen molar-refractivity contribution in [3.05, 3.63) is 158 Å². The summed E-state index contributed by atoms with van der Waals surface area (Å²) in [6.45, 7) is 0. The fourth-order valence-electron chi connectivity index (χ4n) is 6.68. The zero-order valence-electron chi connectivity index (χ0n) is 23.4. The van der Waals surface area contributed by atoms with Crippen molar-refractivity contribution in [1.29, 1.82) is 0 Å². The van der Waals surface area contributed by atoms with Crippen LogP contribution >= 0.6 is 11.3 Å². The van der Waals surface area contributed by atoms with Gasteiger partial charge in [-0.25, -0.2) is 0 Å². The van der Waals surface area contributed by atoms with E-state index in [-0.39, 0.29) is 0 Å². The molecule has 1 heteroatoms. The summed E-state index contributed by atoms with van der Waals surface area (Å²) in [5, 5.41) is 10.4. The normalized spacial score (nSPS) is 11.7. The highest BCUT2D eigenvalue weighted by molar-refractivity contribution is 7.26. The van der Waals surface area contributed by atoms with Crippen LogP contribution in [0.5, 0.6) is 0 Å². The maximum Gasteiger partial charge on any atom is 0.0434 e. The lowest BCUT2D eigenvalue weighted by Crippen LogP contribution is -1.83. The van der Waals surface area contributed by atoms with E-state index >= 15 is 0 Å². The van der Waals surface area contributed by atoms with Crippen LogP contribution in [0.4, 0.5) is 0 Å². The Bertz CT molecular complexity index is 2500. The fraction of sp³-hybridized carbons (Fsp3) is 0. The summed E-state index contributed by atoms with van der Waals surface area (Å²) < 4.78 is 2.70. The van der Waals surface area contributed by atoms with E-state index in [9.17, 15) is 0 Å².